The van der Waals surface area contributed by atoms with Crippen LogP contribution in [-0.4, -0.2) is 27.6 Å². The lowest BCUT2D eigenvalue weighted by atomic mass is 10.1. The molecule has 0 fully saturated rings. The summed E-state index contributed by atoms with van der Waals surface area (Å²) in [4.78, 5) is 16.9. The molecular weight excluding hydrogens is 398 g/mol. The lowest BCUT2D eigenvalue weighted by Crippen LogP contribution is -2.25. The van der Waals surface area contributed by atoms with Gasteiger partial charge >= 0.3 is 0 Å². The number of carbonyl (C=O) groups excluding carboxylic acids is 1. The second-order valence-corrected chi connectivity index (χ2v) is 7.77. The molecule has 32 heavy (non-hydrogen) atoms. The molecule has 0 aliphatic rings. The summed E-state index contributed by atoms with van der Waals surface area (Å²) in [6, 6.07) is 17.4. The minimum Gasteiger partial charge on any atom is -0.355 e. The number of nitrogens with zero attached hydrogens (tertiary/aromatic N) is 2. The lowest BCUT2D eigenvalue weighted by molar-refractivity contribution is 0.0958. The number of pyridine rings is 1. The van der Waals surface area contributed by atoms with E-state index in [1.54, 1.807) is 12.3 Å². The number of benzene rings is 2. The number of H-pyrrole nitrogens is 1. The third-order valence-corrected chi connectivity index (χ3v) is 4.94. The number of aromatic nitrogens is 3. The molecule has 0 aliphatic carbocycles. The van der Waals surface area contributed by atoms with E-state index < -0.39 is 0 Å². The predicted octanol–water partition coefficient (Wildman–Crippen LogP) is 5.49. The molecule has 0 aliphatic heterocycles. The van der Waals surface area contributed by atoms with Crippen LogP contribution in [0.4, 0.5) is 11.4 Å². The Morgan fingerprint density at radius 1 is 1.12 bits per heavy atom. The molecule has 4 aromatic rings. The smallest absolute Gasteiger partial charge is 0.253 e. The monoisotopic (exact) mass is 423 g/mol. The summed E-state index contributed by atoms with van der Waals surface area (Å²) in [5.41, 5.74) is 6.86. The molecule has 2 aromatic carbocycles. The highest BCUT2D eigenvalue weighted by Gasteiger charge is 2.11. The molecule has 6 nitrogen and oxygen atoms in total. The van der Waals surface area contributed by atoms with Crippen LogP contribution in [0.15, 0.2) is 72.9 Å². The largest absolute Gasteiger partial charge is 0.355 e. The van der Waals surface area contributed by atoms with Crippen molar-refractivity contribution in [3.63, 3.8) is 0 Å². The van der Waals surface area contributed by atoms with Gasteiger partial charge in [0.2, 0.25) is 0 Å². The van der Waals surface area contributed by atoms with Gasteiger partial charge in [0.1, 0.15) is 0 Å². The van der Waals surface area contributed by atoms with E-state index in [0.717, 1.165) is 44.8 Å². The zero-order chi connectivity index (χ0) is 22.5. The standard InChI is InChI=1S/C26H25N5O/c1-17(2)16-28-26(32)22-6-4-5-7-23(22)29-20-8-10-21-24(30-31-25(21)15-20)11-9-19-14-18(3)12-13-27-19/h4-15,29H,1,16H2,2-3H3,(H,28,32)(H,30,31)/b11-9+. The third-order valence-electron chi connectivity index (χ3n) is 4.94. The average Bonchev–Trinajstić information content (AvgIpc) is 3.18. The van der Waals surface area contributed by atoms with Crippen molar-refractivity contribution >= 4 is 40.3 Å². The molecule has 0 radical (unpaired) electrons. The zero-order valence-corrected chi connectivity index (χ0v) is 18.1. The number of carbonyl (C=O) groups is 1. The molecule has 0 atom stereocenters. The van der Waals surface area contributed by atoms with Crippen LogP contribution in [0, 0.1) is 6.92 Å². The summed E-state index contributed by atoms with van der Waals surface area (Å²) >= 11 is 0. The van der Waals surface area contributed by atoms with E-state index in [2.05, 4.69) is 32.4 Å². The summed E-state index contributed by atoms with van der Waals surface area (Å²) < 4.78 is 0. The SMILES string of the molecule is C=C(C)CNC(=O)c1ccccc1Nc1ccc2c(/C=C/c3cc(C)ccn3)n[nH]c2c1. The van der Waals surface area contributed by atoms with Gasteiger partial charge in [0.05, 0.1) is 28.2 Å². The van der Waals surface area contributed by atoms with Gasteiger partial charge < -0.3 is 10.6 Å². The maximum absolute atomic E-state index is 12.6. The van der Waals surface area contributed by atoms with Gasteiger partial charge in [-0.2, -0.15) is 5.10 Å². The topological polar surface area (TPSA) is 82.7 Å². The second-order valence-electron chi connectivity index (χ2n) is 7.77. The van der Waals surface area contributed by atoms with Gasteiger partial charge in [-0.05, 0) is 74.0 Å². The van der Waals surface area contributed by atoms with Crippen molar-refractivity contribution < 1.29 is 4.79 Å². The zero-order valence-electron chi connectivity index (χ0n) is 18.1. The fraction of sp³-hybridized carbons (Fsp3) is 0.115. The van der Waals surface area contributed by atoms with Crippen molar-refractivity contribution in [1.82, 2.24) is 20.5 Å². The van der Waals surface area contributed by atoms with Crippen molar-refractivity contribution in [3.8, 4) is 0 Å². The minimum absolute atomic E-state index is 0.143. The van der Waals surface area contributed by atoms with E-state index in [-0.39, 0.29) is 5.91 Å². The van der Waals surface area contributed by atoms with Crippen LogP contribution >= 0.6 is 0 Å². The van der Waals surface area contributed by atoms with Crippen molar-refractivity contribution in [3.05, 3.63) is 95.5 Å². The lowest BCUT2D eigenvalue weighted by Gasteiger charge is -2.12. The highest BCUT2D eigenvalue weighted by atomic mass is 16.1. The van der Waals surface area contributed by atoms with Crippen LogP contribution in [0.3, 0.4) is 0 Å². The van der Waals surface area contributed by atoms with Gasteiger partial charge in [0.15, 0.2) is 0 Å². The first-order valence-corrected chi connectivity index (χ1v) is 10.4. The summed E-state index contributed by atoms with van der Waals surface area (Å²) in [6.07, 6.45) is 5.70. The Kier molecular flexibility index (Phi) is 6.12. The summed E-state index contributed by atoms with van der Waals surface area (Å²) in [5, 5.41) is 14.7. The molecule has 0 spiro atoms. The van der Waals surface area contributed by atoms with Gasteiger partial charge in [-0.25, -0.2) is 0 Å². The first-order chi connectivity index (χ1) is 15.5. The number of nitrogens with one attached hydrogen (secondary N) is 3. The molecular formula is C26H25N5O. The van der Waals surface area contributed by atoms with Crippen LogP contribution in [-0.2, 0) is 0 Å². The first-order valence-electron chi connectivity index (χ1n) is 10.4. The molecule has 4 rings (SSSR count). The van der Waals surface area contributed by atoms with E-state index >= 15 is 0 Å². The van der Waals surface area contributed by atoms with Crippen molar-refractivity contribution in [1.29, 1.82) is 0 Å². The third kappa shape index (κ3) is 4.92. The van der Waals surface area contributed by atoms with Crippen LogP contribution in [0.2, 0.25) is 0 Å². The first kappa shape index (κ1) is 21.1. The number of hydrogen-bond acceptors (Lipinski definition) is 4. The Morgan fingerprint density at radius 3 is 2.78 bits per heavy atom. The normalized spacial score (nSPS) is 11.1. The maximum Gasteiger partial charge on any atom is 0.253 e. The highest BCUT2D eigenvalue weighted by molar-refractivity contribution is 6.00. The molecule has 160 valence electrons. The molecule has 3 N–H and O–H groups in total. The number of aromatic amines is 1. The number of rotatable bonds is 7. The second kappa shape index (κ2) is 9.31. The summed E-state index contributed by atoms with van der Waals surface area (Å²) in [7, 11) is 0. The van der Waals surface area contributed by atoms with Crippen LogP contribution in [0.1, 0.15) is 34.2 Å². The molecule has 0 saturated heterocycles. The Morgan fingerprint density at radius 2 is 1.97 bits per heavy atom. The van der Waals surface area contributed by atoms with Crippen molar-refractivity contribution in [2.45, 2.75) is 13.8 Å². The molecule has 2 aromatic heterocycles. The molecule has 2 heterocycles. The van der Waals surface area contributed by atoms with E-state index in [1.165, 1.54) is 0 Å². The maximum atomic E-state index is 12.6. The van der Waals surface area contributed by atoms with Gasteiger partial charge in [0.25, 0.3) is 5.91 Å². The molecule has 0 saturated carbocycles. The number of aryl methyl sites for hydroxylation is 1. The number of fused-ring (bicyclic) bond motifs is 1. The van der Waals surface area contributed by atoms with E-state index in [9.17, 15) is 4.79 Å². The molecule has 1 amide bonds. The number of para-hydroxylation sites is 1. The Bertz CT molecular complexity index is 1320. The summed E-state index contributed by atoms with van der Waals surface area (Å²) in [5.74, 6) is -0.143. The van der Waals surface area contributed by atoms with E-state index in [4.69, 9.17) is 0 Å². The van der Waals surface area contributed by atoms with Crippen molar-refractivity contribution in [2.24, 2.45) is 0 Å². The van der Waals surface area contributed by atoms with E-state index in [1.807, 2.05) is 74.5 Å². The fourth-order valence-electron chi connectivity index (χ4n) is 3.33. The molecule has 0 bridgehead atoms. The van der Waals surface area contributed by atoms with Gasteiger partial charge in [-0.3, -0.25) is 14.9 Å². The van der Waals surface area contributed by atoms with Gasteiger partial charge in [-0.1, -0.05) is 24.3 Å². The Labute approximate surface area is 187 Å². The quantitative estimate of drug-likeness (QED) is 0.344. The molecule has 0 unspecified atom stereocenters. The average molecular weight is 424 g/mol. The Balaban J connectivity index is 1.55. The summed E-state index contributed by atoms with van der Waals surface area (Å²) in [6.45, 7) is 8.20. The van der Waals surface area contributed by atoms with Gasteiger partial charge in [0, 0.05) is 23.8 Å². The van der Waals surface area contributed by atoms with Crippen LogP contribution in [0.5, 0.6) is 0 Å². The van der Waals surface area contributed by atoms with Crippen molar-refractivity contribution in [2.75, 3.05) is 11.9 Å². The number of amides is 1. The number of hydrogen-bond donors (Lipinski definition) is 3. The van der Waals surface area contributed by atoms with Gasteiger partial charge in [-0.15, -0.1) is 0 Å². The number of anilines is 2. The predicted molar refractivity (Wildman–Crippen MR) is 131 cm³/mol. The Hall–Kier alpha value is -4.19. The fourth-order valence-corrected chi connectivity index (χ4v) is 3.33. The highest BCUT2D eigenvalue weighted by Crippen LogP contribution is 2.26. The van der Waals surface area contributed by atoms with Crippen LogP contribution < -0.4 is 10.6 Å². The van der Waals surface area contributed by atoms with E-state index in [0.29, 0.717) is 12.1 Å². The molecule has 6 heteroatoms. The van der Waals surface area contributed by atoms with Crippen LogP contribution in [0.25, 0.3) is 23.1 Å². The minimum atomic E-state index is -0.143.